The molecule has 11 heavy (non-hydrogen) atoms. The van der Waals surface area contributed by atoms with E-state index >= 15 is 0 Å². The standard InChI is InChI=1S/C9H18OS/c1-3-7-11(10)8-9(2)5-4-6-9/h3-8H2,1-2H3. The number of hydrogen-bond acceptors (Lipinski definition) is 1. The minimum absolute atomic E-state index is 0.444. The van der Waals surface area contributed by atoms with Gasteiger partial charge >= 0.3 is 0 Å². The van der Waals surface area contributed by atoms with Gasteiger partial charge < -0.3 is 0 Å². The molecular weight excluding hydrogens is 156 g/mol. The van der Waals surface area contributed by atoms with Crippen LogP contribution in [0.2, 0.25) is 0 Å². The van der Waals surface area contributed by atoms with Crippen LogP contribution in [0.5, 0.6) is 0 Å². The summed E-state index contributed by atoms with van der Waals surface area (Å²) in [4.78, 5) is 0. The molecular formula is C9H18OS. The molecule has 1 saturated carbocycles. The van der Waals surface area contributed by atoms with E-state index in [2.05, 4.69) is 13.8 Å². The smallest absolute Gasteiger partial charge is 0.0288 e. The Morgan fingerprint density at radius 3 is 2.45 bits per heavy atom. The monoisotopic (exact) mass is 174 g/mol. The molecule has 1 atom stereocenters. The van der Waals surface area contributed by atoms with Crippen molar-refractivity contribution in [2.24, 2.45) is 5.41 Å². The first kappa shape index (κ1) is 9.24. The van der Waals surface area contributed by atoms with Gasteiger partial charge in [0.1, 0.15) is 0 Å². The van der Waals surface area contributed by atoms with Gasteiger partial charge in [0, 0.05) is 22.3 Å². The molecule has 0 aromatic rings. The van der Waals surface area contributed by atoms with Crippen molar-refractivity contribution < 1.29 is 4.21 Å². The van der Waals surface area contributed by atoms with Crippen LogP contribution in [-0.4, -0.2) is 15.7 Å². The maximum atomic E-state index is 11.4. The molecule has 1 fully saturated rings. The molecule has 0 aromatic heterocycles. The first-order valence-corrected chi connectivity index (χ1v) is 6.00. The molecule has 0 aromatic carbocycles. The third-order valence-corrected chi connectivity index (χ3v) is 4.38. The van der Waals surface area contributed by atoms with Gasteiger partial charge in [-0.25, -0.2) is 0 Å². The fourth-order valence-corrected chi connectivity index (χ4v) is 3.28. The molecule has 0 saturated heterocycles. The van der Waals surface area contributed by atoms with Crippen molar-refractivity contribution in [3.63, 3.8) is 0 Å². The summed E-state index contributed by atoms with van der Waals surface area (Å²) in [5.74, 6) is 1.84. The van der Waals surface area contributed by atoms with Crippen molar-refractivity contribution in [3.05, 3.63) is 0 Å². The van der Waals surface area contributed by atoms with E-state index in [4.69, 9.17) is 0 Å². The lowest BCUT2D eigenvalue weighted by Crippen LogP contribution is -2.32. The van der Waals surface area contributed by atoms with E-state index < -0.39 is 10.8 Å². The Labute approximate surface area is 72.0 Å². The summed E-state index contributed by atoms with van der Waals surface area (Å²) in [6.45, 7) is 4.37. The zero-order valence-electron chi connectivity index (χ0n) is 7.56. The van der Waals surface area contributed by atoms with Crippen LogP contribution in [0.4, 0.5) is 0 Å². The Hall–Kier alpha value is 0.150. The van der Waals surface area contributed by atoms with Crippen molar-refractivity contribution in [3.8, 4) is 0 Å². The molecule has 0 bridgehead atoms. The van der Waals surface area contributed by atoms with Crippen LogP contribution in [0.25, 0.3) is 0 Å². The Kier molecular flexibility index (Phi) is 3.11. The van der Waals surface area contributed by atoms with Crippen LogP contribution in [-0.2, 0) is 10.8 Å². The topological polar surface area (TPSA) is 17.1 Å². The van der Waals surface area contributed by atoms with Gasteiger partial charge in [-0.1, -0.05) is 20.3 Å². The predicted molar refractivity (Wildman–Crippen MR) is 50.1 cm³/mol. The highest BCUT2D eigenvalue weighted by atomic mass is 32.2. The van der Waals surface area contributed by atoms with E-state index in [0.29, 0.717) is 5.41 Å². The maximum absolute atomic E-state index is 11.4. The molecule has 0 N–H and O–H groups in total. The first-order valence-electron chi connectivity index (χ1n) is 4.51. The van der Waals surface area contributed by atoms with Crippen molar-refractivity contribution >= 4 is 10.8 Å². The predicted octanol–water partition coefficient (Wildman–Crippen LogP) is 2.34. The normalized spacial score (nSPS) is 24.2. The van der Waals surface area contributed by atoms with Gasteiger partial charge in [-0.05, 0) is 24.7 Å². The van der Waals surface area contributed by atoms with Gasteiger partial charge in [0.15, 0.2) is 0 Å². The molecule has 0 heterocycles. The molecule has 0 radical (unpaired) electrons. The molecule has 1 unspecified atom stereocenters. The third kappa shape index (κ3) is 2.58. The van der Waals surface area contributed by atoms with Crippen LogP contribution >= 0.6 is 0 Å². The summed E-state index contributed by atoms with van der Waals surface area (Å²) in [6.07, 6.45) is 4.99. The molecule has 1 aliphatic carbocycles. The average molecular weight is 174 g/mol. The average Bonchev–Trinajstić information content (AvgIpc) is 1.85. The molecule has 0 aliphatic heterocycles. The molecule has 1 nitrogen and oxygen atoms in total. The van der Waals surface area contributed by atoms with Crippen LogP contribution in [0.3, 0.4) is 0 Å². The second kappa shape index (κ2) is 3.70. The van der Waals surface area contributed by atoms with Gasteiger partial charge in [0.25, 0.3) is 0 Å². The molecule has 0 spiro atoms. The second-order valence-corrected chi connectivity index (χ2v) is 5.53. The first-order chi connectivity index (χ1) is 5.16. The summed E-state index contributed by atoms with van der Waals surface area (Å²) < 4.78 is 11.4. The second-order valence-electron chi connectivity index (χ2n) is 3.95. The van der Waals surface area contributed by atoms with Crippen molar-refractivity contribution in [2.45, 2.75) is 39.5 Å². The quantitative estimate of drug-likeness (QED) is 0.639. The minimum Gasteiger partial charge on any atom is -0.260 e. The Bertz CT molecular complexity index is 150. The van der Waals surface area contributed by atoms with Gasteiger partial charge in [-0.15, -0.1) is 0 Å². The van der Waals surface area contributed by atoms with Gasteiger partial charge in [0.2, 0.25) is 0 Å². The SMILES string of the molecule is CCCS(=O)CC1(C)CCC1. The van der Waals surface area contributed by atoms with Crippen LogP contribution in [0, 0.1) is 5.41 Å². The van der Waals surface area contributed by atoms with E-state index in [1.165, 1.54) is 19.3 Å². The lowest BCUT2D eigenvalue weighted by atomic mass is 9.72. The van der Waals surface area contributed by atoms with Crippen molar-refractivity contribution in [2.75, 3.05) is 11.5 Å². The lowest BCUT2D eigenvalue weighted by Gasteiger charge is -2.37. The summed E-state index contributed by atoms with van der Waals surface area (Å²) in [7, 11) is -0.538. The fourth-order valence-electron chi connectivity index (χ4n) is 1.61. The number of rotatable bonds is 4. The maximum Gasteiger partial charge on any atom is 0.0288 e. The lowest BCUT2D eigenvalue weighted by molar-refractivity contribution is 0.196. The highest BCUT2D eigenvalue weighted by molar-refractivity contribution is 7.85. The molecule has 66 valence electrons. The molecule has 2 heteroatoms. The highest BCUT2D eigenvalue weighted by Crippen LogP contribution is 2.40. The van der Waals surface area contributed by atoms with Crippen molar-refractivity contribution in [1.82, 2.24) is 0 Å². The number of hydrogen-bond donors (Lipinski definition) is 0. The van der Waals surface area contributed by atoms with E-state index in [-0.39, 0.29) is 0 Å². The summed E-state index contributed by atoms with van der Waals surface area (Å²) in [5.41, 5.74) is 0.444. The fraction of sp³-hybridized carbons (Fsp3) is 1.00. The van der Waals surface area contributed by atoms with Crippen molar-refractivity contribution in [1.29, 1.82) is 0 Å². The van der Waals surface area contributed by atoms with Gasteiger partial charge in [0.05, 0.1) is 0 Å². The molecule has 1 rings (SSSR count). The largest absolute Gasteiger partial charge is 0.260 e. The Morgan fingerprint density at radius 2 is 2.09 bits per heavy atom. The summed E-state index contributed by atoms with van der Waals surface area (Å²) in [6, 6.07) is 0. The molecule has 0 amide bonds. The van der Waals surface area contributed by atoms with E-state index in [1.807, 2.05) is 0 Å². The van der Waals surface area contributed by atoms with Crippen LogP contribution in [0.1, 0.15) is 39.5 Å². The summed E-state index contributed by atoms with van der Waals surface area (Å²) in [5, 5.41) is 0. The van der Waals surface area contributed by atoms with E-state index in [0.717, 1.165) is 17.9 Å². The van der Waals surface area contributed by atoms with Crippen LogP contribution < -0.4 is 0 Å². The Balaban J connectivity index is 2.23. The minimum atomic E-state index is -0.538. The van der Waals surface area contributed by atoms with E-state index in [9.17, 15) is 4.21 Å². The Morgan fingerprint density at radius 1 is 1.45 bits per heavy atom. The van der Waals surface area contributed by atoms with Gasteiger partial charge in [-0.3, -0.25) is 4.21 Å². The summed E-state index contributed by atoms with van der Waals surface area (Å²) >= 11 is 0. The van der Waals surface area contributed by atoms with E-state index in [1.54, 1.807) is 0 Å². The van der Waals surface area contributed by atoms with Crippen LogP contribution in [0.15, 0.2) is 0 Å². The zero-order valence-corrected chi connectivity index (χ0v) is 8.38. The third-order valence-electron chi connectivity index (χ3n) is 2.50. The highest BCUT2D eigenvalue weighted by Gasteiger charge is 2.32. The molecule has 1 aliphatic rings. The van der Waals surface area contributed by atoms with Gasteiger partial charge in [-0.2, -0.15) is 0 Å². The zero-order chi connectivity index (χ0) is 8.32.